The van der Waals surface area contributed by atoms with Crippen molar-refractivity contribution >= 4 is 5.57 Å². The number of hydrogen-bond donors (Lipinski definition) is 0. The van der Waals surface area contributed by atoms with Gasteiger partial charge in [-0.15, -0.1) is 6.42 Å². The van der Waals surface area contributed by atoms with Crippen LogP contribution < -0.4 is 0 Å². The Kier molecular flexibility index (Phi) is 9.66. The number of terminal acetylenes is 1. The van der Waals surface area contributed by atoms with Gasteiger partial charge in [-0.25, -0.2) is 0 Å². The zero-order valence-electron chi connectivity index (χ0n) is 27.0. The zero-order valence-corrected chi connectivity index (χ0v) is 27.0. The summed E-state index contributed by atoms with van der Waals surface area (Å²) in [6.07, 6.45) is 21.0. The van der Waals surface area contributed by atoms with E-state index < -0.39 is 0 Å². The molecule has 0 aromatic heterocycles. The Morgan fingerprint density at radius 2 is 1.62 bits per heavy atom. The molecule has 0 radical (unpaired) electrons. The van der Waals surface area contributed by atoms with Crippen molar-refractivity contribution in [2.75, 3.05) is 0 Å². The lowest BCUT2D eigenvalue weighted by atomic mass is 9.69. The molecule has 6 rings (SSSR count). The zero-order chi connectivity index (χ0) is 31.2. The van der Waals surface area contributed by atoms with Gasteiger partial charge >= 0.3 is 0 Å². The number of rotatable bonds is 10. The quantitative estimate of drug-likeness (QED) is 0.128. The molecule has 2 aliphatic carbocycles. The van der Waals surface area contributed by atoms with Crippen molar-refractivity contribution in [3.05, 3.63) is 161 Å². The molecule has 0 N–H and O–H groups in total. The summed E-state index contributed by atoms with van der Waals surface area (Å²) < 4.78 is 0. The molecular weight excluding hydrogens is 540 g/mol. The predicted molar refractivity (Wildman–Crippen MR) is 193 cm³/mol. The molecule has 0 nitrogen and oxygen atoms in total. The van der Waals surface area contributed by atoms with E-state index >= 15 is 0 Å². The van der Waals surface area contributed by atoms with E-state index in [1.807, 2.05) is 0 Å². The van der Waals surface area contributed by atoms with Crippen LogP contribution in [-0.4, -0.2) is 0 Å². The van der Waals surface area contributed by atoms with Gasteiger partial charge < -0.3 is 0 Å². The van der Waals surface area contributed by atoms with Gasteiger partial charge in [-0.05, 0) is 121 Å². The maximum atomic E-state index is 5.91. The van der Waals surface area contributed by atoms with E-state index in [4.69, 9.17) is 13.0 Å². The Bertz CT molecular complexity index is 1720. The van der Waals surface area contributed by atoms with E-state index in [2.05, 4.69) is 135 Å². The van der Waals surface area contributed by atoms with Crippen LogP contribution in [0.15, 0.2) is 127 Å². The molecule has 45 heavy (non-hydrogen) atoms. The molecule has 1 fully saturated rings. The summed E-state index contributed by atoms with van der Waals surface area (Å²) >= 11 is 0. The van der Waals surface area contributed by atoms with Crippen molar-refractivity contribution in [2.45, 2.75) is 64.7 Å². The highest BCUT2D eigenvalue weighted by atomic mass is 14.3. The summed E-state index contributed by atoms with van der Waals surface area (Å²) in [4.78, 5) is 0. The molecule has 2 aliphatic rings. The topological polar surface area (TPSA) is 0 Å². The van der Waals surface area contributed by atoms with Gasteiger partial charge in [-0.3, -0.25) is 0 Å². The van der Waals surface area contributed by atoms with Gasteiger partial charge in [0.05, 0.1) is 0 Å². The van der Waals surface area contributed by atoms with Gasteiger partial charge in [-0.1, -0.05) is 134 Å². The Labute approximate surface area is 271 Å². The minimum absolute atomic E-state index is 0.401. The van der Waals surface area contributed by atoms with E-state index in [0.29, 0.717) is 23.7 Å². The fraction of sp³-hybridized carbons (Fsp3) is 0.289. The summed E-state index contributed by atoms with van der Waals surface area (Å²) in [5, 5.41) is 0. The molecule has 0 spiro atoms. The highest BCUT2D eigenvalue weighted by molar-refractivity contribution is 5.77. The lowest BCUT2D eigenvalue weighted by Crippen LogP contribution is -2.23. The SMILES string of the molecule is C#Cc1ccc(CC2CCC(C(C(=C)CCc3ccccc3)c3ccc(C4=CC(C)C=C4)cc3)CC2)cc1-c1cccc(C)c1. The fourth-order valence-corrected chi connectivity index (χ4v) is 7.63. The van der Waals surface area contributed by atoms with Gasteiger partial charge in [-0.2, -0.15) is 0 Å². The maximum absolute atomic E-state index is 5.91. The van der Waals surface area contributed by atoms with Crippen molar-refractivity contribution in [1.82, 2.24) is 0 Å². The number of benzene rings is 4. The Morgan fingerprint density at radius 3 is 2.31 bits per heavy atom. The largest absolute Gasteiger partial charge is 0.115 e. The summed E-state index contributed by atoms with van der Waals surface area (Å²) in [5.41, 5.74) is 12.9. The third kappa shape index (κ3) is 7.49. The average molecular weight is 587 g/mol. The number of aryl methyl sites for hydroxylation is 2. The third-order valence-electron chi connectivity index (χ3n) is 10.1. The van der Waals surface area contributed by atoms with Gasteiger partial charge in [0.25, 0.3) is 0 Å². The molecule has 0 amide bonds. The summed E-state index contributed by atoms with van der Waals surface area (Å²) in [6, 6.07) is 35.8. The molecule has 2 atom stereocenters. The molecule has 226 valence electrons. The predicted octanol–water partition coefficient (Wildman–Crippen LogP) is 11.6. The molecule has 0 heterocycles. The second kappa shape index (κ2) is 14.2. The van der Waals surface area contributed by atoms with E-state index in [1.54, 1.807) is 0 Å². The van der Waals surface area contributed by atoms with Crippen molar-refractivity contribution in [2.24, 2.45) is 17.8 Å². The molecule has 0 saturated heterocycles. The standard InChI is InChI=1S/C45H46/c1-5-38-21-19-37(31-44(38)43-13-9-10-32(2)29-43)30-36-17-22-40(23-18-36)45(34(4)15-16-35-11-7-6-8-12-35)41-26-24-39(25-27-41)42-20-14-33(3)28-42/h1,6-14,19-21,24-29,31,33,36,40,45H,4,15-18,22-23,30H2,2-3H3. The highest BCUT2D eigenvalue weighted by Gasteiger charge is 2.30. The van der Waals surface area contributed by atoms with Gasteiger partial charge in [0.2, 0.25) is 0 Å². The Balaban J connectivity index is 1.17. The molecule has 4 aromatic carbocycles. The summed E-state index contributed by atoms with van der Waals surface area (Å²) in [6.45, 7) is 9.13. The van der Waals surface area contributed by atoms with Gasteiger partial charge in [0, 0.05) is 11.5 Å². The summed E-state index contributed by atoms with van der Waals surface area (Å²) in [5.74, 6) is 5.17. The lowest BCUT2D eigenvalue weighted by Gasteiger charge is -2.36. The van der Waals surface area contributed by atoms with Crippen LogP contribution >= 0.6 is 0 Å². The van der Waals surface area contributed by atoms with Crippen LogP contribution in [0.5, 0.6) is 0 Å². The minimum Gasteiger partial charge on any atom is -0.115 e. The summed E-state index contributed by atoms with van der Waals surface area (Å²) in [7, 11) is 0. The number of allylic oxidation sites excluding steroid dienone is 5. The maximum Gasteiger partial charge on any atom is 0.0321 e. The van der Waals surface area contributed by atoms with Crippen LogP contribution in [0.4, 0.5) is 0 Å². The van der Waals surface area contributed by atoms with Crippen LogP contribution in [-0.2, 0) is 12.8 Å². The first-order valence-corrected chi connectivity index (χ1v) is 16.9. The monoisotopic (exact) mass is 586 g/mol. The van der Waals surface area contributed by atoms with Crippen LogP contribution in [0.3, 0.4) is 0 Å². The first-order valence-electron chi connectivity index (χ1n) is 16.9. The van der Waals surface area contributed by atoms with Crippen molar-refractivity contribution in [3.63, 3.8) is 0 Å². The van der Waals surface area contributed by atoms with Gasteiger partial charge in [0.15, 0.2) is 0 Å². The minimum atomic E-state index is 0.401. The third-order valence-corrected chi connectivity index (χ3v) is 10.1. The van der Waals surface area contributed by atoms with E-state index in [0.717, 1.165) is 24.8 Å². The van der Waals surface area contributed by atoms with Crippen molar-refractivity contribution in [1.29, 1.82) is 0 Å². The van der Waals surface area contributed by atoms with Crippen LogP contribution in [0.2, 0.25) is 0 Å². The van der Waals surface area contributed by atoms with Crippen LogP contribution in [0.25, 0.3) is 16.7 Å². The Hall–Kier alpha value is -4.34. The molecule has 0 heteroatoms. The molecular formula is C45H46. The molecule has 4 aromatic rings. The molecule has 0 aliphatic heterocycles. The van der Waals surface area contributed by atoms with Crippen LogP contribution in [0, 0.1) is 37.0 Å². The van der Waals surface area contributed by atoms with Gasteiger partial charge in [0.1, 0.15) is 0 Å². The second-order valence-corrected chi connectivity index (χ2v) is 13.5. The highest BCUT2D eigenvalue weighted by Crippen LogP contribution is 2.44. The first kappa shape index (κ1) is 30.7. The average Bonchev–Trinajstić information content (AvgIpc) is 3.51. The van der Waals surface area contributed by atoms with Crippen LogP contribution in [0.1, 0.15) is 78.3 Å². The van der Waals surface area contributed by atoms with Crippen molar-refractivity contribution < 1.29 is 0 Å². The van der Waals surface area contributed by atoms with E-state index in [9.17, 15) is 0 Å². The molecule has 1 saturated carbocycles. The lowest BCUT2D eigenvalue weighted by molar-refractivity contribution is 0.252. The first-order chi connectivity index (χ1) is 22.0. The smallest absolute Gasteiger partial charge is 0.0321 e. The Morgan fingerprint density at radius 1 is 0.844 bits per heavy atom. The second-order valence-electron chi connectivity index (χ2n) is 13.5. The molecule has 2 unspecified atom stereocenters. The fourth-order valence-electron chi connectivity index (χ4n) is 7.63. The molecule has 0 bridgehead atoms. The van der Waals surface area contributed by atoms with E-state index in [1.165, 1.54) is 75.8 Å². The number of hydrogen-bond acceptors (Lipinski definition) is 0. The van der Waals surface area contributed by atoms with E-state index in [-0.39, 0.29) is 0 Å². The normalized spacial score (nSPS) is 19.9. The van der Waals surface area contributed by atoms with Crippen molar-refractivity contribution in [3.8, 4) is 23.5 Å².